The Kier molecular flexibility index (Phi) is 5.61. The minimum Gasteiger partial charge on any atom is -0.277 e. The SMILES string of the molecule is CC(C)(C)c1cn(C(C)(C)CCC(C)(C)C2CC(=O)N(C(C)(C)C)C2=O)nn1. The number of nitrogens with zero attached hydrogens (tertiary/aromatic N) is 4. The van der Waals surface area contributed by atoms with Gasteiger partial charge in [0.15, 0.2) is 0 Å². The summed E-state index contributed by atoms with van der Waals surface area (Å²) in [6.45, 7) is 20.6. The molecule has 1 saturated heterocycles. The molecular weight excluding hydrogens is 352 g/mol. The first kappa shape index (κ1) is 22.6. The number of rotatable bonds is 5. The van der Waals surface area contributed by atoms with Gasteiger partial charge in [0.2, 0.25) is 11.8 Å². The predicted octanol–water partition coefficient (Wildman–Crippen LogP) is 4.29. The van der Waals surface area contributed by atoms with Crippen LogP contribution in [0, 0.1) is 11.3 Å². The van der Waals surface area contributed by atoms with Gasteiger partial charge < -0.3 is 0 Å². The lowest BCUT2D eigenvalue weighted by atomic mass is 9.72. The van der Waals surface area contributed by atoms with Crippen molar-refractivity contribution in [3.05, 3.63) is 11.9 Å². The lowest BCUT2D eigenvalue weighted by Gasteiger charge is -2.35. The molecule has 0 spiro atoms. The molecule has 1 unspecified atom stereocenters. The van der Waals surface area contributed by atoms with Crippen LogP contribution in [-0.4, -0.2) is 37.2 Å². The van der Waals surface area contributed by atoms with Gasteiger partial charge in [-0.1, -0.05) is 39.8 Å². The van der Waals surface area contributed by atoms with Crippen molar-refractivity contribution in [1.29, 1.82) is 0 Å². The summed E-state index contributed by atoms with van der Waals surface area (Å²) in [4.78, 5) is 26.9. The highest BCUT2D eigenvalue weighted by Crippen LogP contribution is 2.43. The van der Waals surface area contributed by atoms with Gasteiger partial charge in [-0.25, -0.2) is 4.68 Å². The summed E-state index contributed by atoms with van der Waals surface area (Å²) in [5.74, 6) is -0.354. The van der Waals surface area contributed by atoms with Crippen LogP contribution in [0.1, 0.15) is 94.2 Å². The number of likely N-dealkylation sites (tertiary alicyclic amines) is 1. The second kappa shape index (κ2) is 6.96. The molecule has 0 aromatic carbocycles. The fraction of sp³-hybridized carbons (Fsp3) is 0.818. The minimum atomic E-state index is -0.470. The highest BCUT2D eigenvalue weighted by Gasteiger charge is 2.50. The van der Waals surface area contributed by atoms with E-state index in [9.17, 15) is 9.59 Å². The van der Waals surface area contributed by atoms with Crippen LogP contribution in [0.15, 0.2) is 6.20 Å². The zero-order valence-corrected chi connectivity index (χ0v) is 19.4. The fourth-order valence-corrected chi connectivity index (χ4v) is 3.77. The maximum atomic E-state index is 13.0. The highest BCUT2D eigenvalue weighted by atomic mass is 16.2. The number of amides is 2. The maximum Gasteiger partial charge on any atom is 0.233 e. The summed E-state index contributed by atoms with van der Waals surface area (Å²) in [7, 11) is 0. The third kappa shape index (κ3) is 4.47. The normalized spacial score (nSPS) is 19.6. The van der Waals surface area contributed by atoms with Crippen LogP contribution < -0.4 is 0 Å². The van der Waals surface area contributed by atoms with Gasteiger partial charge in [-0.2, -0.15) is 0 Å². The van der Waals surface area contributed by atoms with Crippen molar-refractivity contribution in [1.82, 2.24) is 19.9 Å². The molecule has 1 aliphatic rings. The molecule has 2 rings (SSSR count). The molecule has 158 valence electrons. The monoisotopic (exact) mass is 390 g/mol. The van der Waals surface area contributed by atoms with E-state index < -0.39 is 5.54 Å². The van der Waals surface area contributed by atoms with Crippen molar-refractivity contribution in [3.63, 3.8) is 0 Å². The lowest BCUT2D eigenvalue weighted by Crippen LogP contribution is -2.46. The molecule has 28 heavy (non-hydrogen) atoms. The third-order valence-electron chi connectivity index (χ3n) is 6.02. The quantitative estimate of drug-likeness (QED) is 0.703. The Labute approximate surface area is 170 Å². The van der Waals surface area contributed by atoms with E-state index in [0.29, 0.717) is 6.42 Å². The van der Waals surface area contributed by atoms with Crippen LogP contribution in [0.3, 0.4) is 0 Å². The Morgan fingerprint density at radius 3 is 1.96 bits per heavy atom. The Morgan fingerprint density at radius 1 is 0.964 bits per heavy atom. The van der Waals surface area contributed by atoms with Crippen molar-refractivity contribution < 1.29 is 9.59 Å². The number of hydrogen-bond acceptors (Lipinski definition) is 4. The van der Waals surface area contributed by atoms with E-state index in [0.717, 1.165) is 18.5 Å². The van der Waals surface area contributed by atoms with E-state index in [1.165, 1.54) is 4.90 Å². The van der Waals surface area contributed by atoms with Gasteiger partial charge in [0.1, 0.15) is 0 Å². The van der Waals surface area contributed by atoms with Crippen LogP contribution >= 0.6 is 0 Å². The van der Waals surface area contributed by atoms with Crippen LogP contribution in [0.4, 0.5) is 0 Å². The molecule has 1 aromatic rings. The molecular formula is C22H38N4O2. The molecule has 6 heteroatoms. The molecule has 1 aliphatic heterocycles. The van der Waals surface area contributed by atoms with Crippen LogP contribution in [-0.2, 0) is 20.5 Å². The smallest absolute Gasteiger partial charge is 0.233 e. The largest absolute Gasteiger partial charge is 0.277 e. The number of carbonyl (C=O) groups excluding carboxylic acids is 2. The van der Waals surface area contributed by atoms with Gasteiger partial charge >= 0.3 is 0 Å². The minimum absolute atomic E-state index is 0.0314. The molecule has 0 aliphatic carbocycles. The topological polar surface area (TPSA) is 68.1 Å². The van der Waals surface area contributed by atoms with E-state index in [1.54, 1.807) is 0 Å². The van der Waals surface area contributed by atoms with E-state index in [1.807, 2.05) is 31.6 Å². The van der Waals surface area contributed by atoms with Gasteiger partial charge in [0.25, 0.3) is 0 Å². The maximum absolute atomic E-state index is 13.0. The average molecular weight is 391 g/mol. The third-order valence-corrected chi connectivity index (χ3v) is 6.02. The van der Waals surface area contributed by atoms with Crippen molar-refractivity contribution in [2.24, 2.45) is 11.3 Å². The molecule has 0 bridgehead atoms. The second-order valence-corrected chi connectivity index (χ2v) is 11.6. The lowest BCUT2D eigenvalue weighted by molar-refractivity contribution is -0.145. The van der Waals surface area contributed by atoms with E-state index in [4.69, 9.17) is 0 Å². The first-order valence-electron chi connectivity index (χ1n) is 10.3. The Hall–Kier alpha value is -1.72. The summed E-state index contributed by atoms with van der Waals surface area (Å²) in [6, 6.07) is 0. The summed E-state index contributed by atoms with van der Waals surface area (Å²) in [6.07, 6.45) is 4.01. The van der Waals surface area contributed by atoms with Crippen molar-refractivity contribution in [2.75, 3.05) is 0 Å². The van der Waals surface area contributed by atoms with Crippen molar-refractivity contribution in [2.45, 2.75) is 105 Å². The molecule has 2 amide bonds. The first-order valence-corrected chi connectivity index (χ1v) is 10.3. The van der Waals surface area contributed by atoms with E-state index in [2.05, 4.69) is 58.8 Å². The van der Waals surface area contributed by atoms with Crippen LogP contribution in [0.5, 0.6) is 0 Å². The van der Waals surface area contributed by atoms with Crippen LogP contribution in [0.2, 0.25) is 0 Å². The van der Waals surface area contributed by atoms with Gasteiger partial charge in [-0.05, 0) is 52.9 Å². The zero-order valence-electron chi connectivity index (χ0n) is 19.4. The Morgan fingerprint density at radius 2 is 1.54 bits per heavy atom. The number of aromatic nitrogens is 3. The first-order chi connectivity index (χ1) is 12.5. The number of imide groups is 1. The summed E-state index contributed by atoms with van der Waals surface area (Å²) in [5.41, 5.74) is -0.0268. The zero-order chi connectivity index (χ0) is 21.7. The average Bonchev–Trinajstić information content (AvgIpc) is 3.10. The molecule has 1 aromatic heterocycles. The Balaban J connectivity index is 2.13. The number of hydrogen-bond donors (Lipinski definition) is 0. The fourth-order valence-electron chi connectivity index (χ4n) is 3.77. The summed E-state index contributed by atoms with van der Waals surface area (Å²) in [5, 5.41) is 8.70. The summed E-state index contributed by atoms with van der Waals surface area (Å²) < 4.78 is 1.94. The number of carbonyl (C=O) groups is 2. The molecule has 1 atom stereocenters. The highest BCUT2D eigenvalue weighted by molar-refractivity contribution is 6.04. The van der Waals surface area contributed by atoms with Gasteiger partial charge in [0.05, 0.1) is 17.2 Å². The second-order valence-electron chi connectivity index (χ2n) is 11.6. The van der Waals surface area contributed by atoms with Gasteiger partial charge in [-0.3, -0.25) is 14.5 Å². The molecule has 0 radical (unpaired) electrons. The molecule has 0 saturated carbocycles. The van der Waals surface area contributed by atoms with E-state index >= 15 is 0 Å². The molecule has 6 nitrogen and oxygen atoms in total. The molecule has 2 heterocycles. The van der Waals surface area contributed by atoms with Crippen LogP contribution in [0.25, 0.3) is 0 Å². The Bertz CT molecular complexity index is 747. The van der Waals surface area contributed by atoms with Gasteiger partial charge in [0, 0.05) is 23.6 Å². The molecule has 1 fully saturated rings. The summed E-state index contributed by atoms with van der Waals surface area (Å²) >= 11 is 0. The molecule has 0 N–H and O–H groups in total. The van der Waals surface area contributed by atoms with Gasteiger partial charge in [-0.15, -0.1) is 5.10 Å². The van der Waals surface area contributed by atoms with Crippen molar-refractivity contribution >= 4 is 11.8 Å². The van der Waals surface area contributed by atoms with Crippen molar-refractivity contribution in [3.8, 4) is 0 Å². The predicted molar refractivity (Wildman–Crippen MR) is 111 cm³/mol. The van der Waals surface area contributed by atoms with E-state index in [-0.39, 0.29) is 34.1 Å². The standard InChI is InChI=1S/C22H38N4O2/c1-19(2,3)16-14-25(24-23-16)22(9,10)12-11-21(7,8)15-13-17(27)26(18(15)28)20(4,5)6/h14-15H,11-13H2,1-10H3.